The summed E-state index contributed by atoms with van der Waals surface area (Å²) in [5.41, 5.74) is 1.37. The first-order valence-corrected chi connectivity index (χ1v) is 10.1. The highest BCUT2D eigenvalue weighted by atomic mass is 32.1. The van der Waals surface area contributed by atoms with E-state index in [1.54, 1.807) is 11.3 Å². The fourth-order valence-electron chi connectivity index (χ4n) is 4.27. The average molecular weight is 350 g/mol. The Kier molecular flexibility index (Phi) is 5.17. The van der Waals surface area contributed by atoms with Crippen LogP contribution in [0.2, 0.25) is 0 Å². The summed E-state index contributed by atoms with van der Waals surface area (Å²) < 4.78 is 6.05. The second-order valence-electron chi connectivity index (χ2n) is 7.20. The Bertz CT molecular complexity index is 544. The minimum absolute atomic E-state index is 0.0825. The third-order valence-corrected chi connectivity index (χ3v) is 6.31. The first-order chi connectivity index (χ1) is 11.8. The van der Waals surface area contributed by atoms with Crippen molar-refractivity contribution in [3.05, 3.63) is 22.4 Å². The number of thiophene rings is 1. The van der Waals surface area contributed by atoms with Crippen molar-refractivity contribution in [1.82, 2.24) is 15.1 Å². The number of carbonyl (C=O) groups excluding carboxylic acids is 1. The van der Waals surface area contributed by atoms with Gasteiger partial charge in [0.1, 0.15) is 6.10 Å². The normalized spacial score (nSPS) is 30.8. The van der Waals surface area contributed by atoms with Crippen molar-refractivity contribution in [2.45, 2.75) is 50.5 Å². The molecule has 4 heterocycles. The topological polar surface area (TPSA) is 44.8 Å². The number of fused-ring (bicyclic) bond motifs is 1. The quantitative estimate of drug-likeness (QED) is 0.849. The van der Waals surface area contributed by atoms with Crippen molar-refractivity contribution < 1.29 is 9.53 Å². The van der Waals surface area contributed by atoms with Crippen LogP contribution < -0.4 is 5.32 Å². The van der Waals surface area contributed by atoms with Crippen LogP contribution >= 0.6 is 11.3 Å². The van der Waals surface area contributed by atoms with E-state index in [1.165, 1.54) is 31.5 Å². The zero-order valence-electron chi connectivity index (χ0n) is 14.2. The van der Waals surface area contributed by atoms with Gasteiger partial charge in [0.05, 0.1) is 6.10 Å². The Balaban J connectivity index is 1.24. The third-order valence-electron chi connectivity index (χ3n) is 5.58. The van der Waals surface area contributed by atoms with E-state index in [2.05, 4.69) is 31.9 Å². The van der Waals surface area contributed by atoms with Gasteiger partial charge in [0.15, 0.2) is 0 Å². The highest BCUT2D eigenvalue weighted by Gasteiger charge is 2.45. The van der Waals surface area contributed by atoms with E-state index in [-0.39, 0.29) is 18.1 Å². The summed E-state index contributed by atoms with van der Waals surface area (Å²) >= 11 is 1.75. The standard InChI is InChI=1S/C18H27N3O2S/c22-18(19-5-9-20-6-1-2-7-20)17-11-15-16(23-17)3-8-21(15)12-14-4-10-24-13-14/h4,10,13,15-17H,1-3,5-9,11-12H2,(H,19,22)/t15-,16-,17-/m0/s1. The summed E-state index contributed by atoms with van der Waals surface area (Å²) in [6, 6.07) is 2.59. The van der Waals surface area contributed by atoms with Gasteiger partial charge in [-0.25, -0.2) is 0 Å². The lowest BCUT2D eigenvalue weighted by molar-refractivity contribution is -0.132. The molecule has 6 heteroatoms. The van der Waals surface area contributed by atoms with Gasteiger partial charge in [0, 0.05) is 38.6 Å². The van der Waals surface area contributed by atoms with Crippen LogP contribution in [-0.2, 0) is 16.1 Å². The van der Waals surface area contributed by atoms with Crippen LogP contribution in [0.4, 0.5) is 0 Å². The average Bonchev–Trinajstić information content (AvgIpc) is 3.34. The number of carbonyl (C=O) groups is 1. The molecule has 0 bridgehead atoms. The van der Waals surface area contributed by atoms with Crippen molar-refractivity contribution in [1.29, 1.82) is 0 Å². The molecule has 4 rings (SSSR count). The van der Waals surface area contributed by atoms with Gasteiger partial charge in [-0.1, -0.05) is 0 Å². The molecule has 3 atom stereocenters. The number of likely N-dealkylation sites (tertiary alicyclic amines) is 2. The maximum atomic E-state index is 12.4. The first kappa shape index (κ1) is 16.5. The van der Waals surface area contributed by atoms with Crippen molar-refractivity contribution >= 4 is 17.2 Å². The van der Waals surface area contributed by atoms with Gasteiger partial charge in [-0.05, 0) is 54.7 Å². The summed E-state index contributed by atoms with van der Waals surface area (Å²) in [5, 5.41) is 7.42. The van der Waals surface area contributed by atoms with E-state index >= 15 is 0 Å². The molecule has 3 saturated heterocycles. The van der Waals surface area contributed by atoms with Gasteiger partial charge in [0.25, 0.3) is 0 Å². The third kappa shape index (κ3) is 3.67. The lowest BCUT2D eigenvalue weighted by Gasteiger charge is -2.22. The lowest BCUT2D eigenvalue weighted by atomic mass is 10.1. The summed E-state index contributed by atoms with van der Waals surface area (Å²) in [7, 11) is 0. The minimum atomic E-state index is -0.260. The molecule has 0 radical (unpaired) electrons. The predicted molar refractivity (Wildman–Crippen MR) is 95.1 cm³/mol. The molecular formula is C18H27N3O2S. The molecule has 1 amide bonds. The highest BCUT2D eigenvalue weighted by Crippen LogP contribution is 2.34. The van der Waals surface area contributed by atoms with Crippen LogP contribution in [-0.4, -0.2) is 66.7 Å². The summed E-state index contributed by atoms with van der Waals surface area (Å²) in [6.07, 6.45) is 4.45. The van der Waals surface area contributed by atoms with Crippen LogP contribution in [0.15, 0.2) is 16.8 Å². The van der Waals surface area contributed by atoms with E-state index in [0.29, 0.717) is 6.04 Å². The Labute approximate surface area is 148 Å². The number of hydrogen-bond donors (Lipinski definition) is 1. The van der Waals surface area contributed by atoms with Gasteiger partial charge in [0.2, 0.25) is 5.91 Å². The van der Waals surface area contributed by atoms with E-state index < -0.39 is 0 Å². The number of rotatable bonds is 6. The molecular weight excluding hydrogens is 322 g/mol. The Hall–Kier alpha value is -0.950. The van der Waals surface area contributed by atoms with Gasteiger partial charge in [-0.2, -0.15) is 11.3 Å². The molecule has 0 spiro atoms. The van der Waals surface area contributed by atoms with E-state index in [0.717, 1.165) is 39.0 Å². The van der Waals surface area contributed by atoms with Crippen molar-refractivity contribution in [3.8, 4) is 0 Å². The number of nitrogens with one attached hydrogen (secondary N) is 1. The first-order valence-electron chi connectivity index (χ1n) is 9.20. The summed E-state index contributed by atoms with van der Waals surface area (Å²) in [4.78, 5) is 17.3. The highest BCUT2D eigenvalue weighted by molar-refractivity contribution is 7.07. The largest absolute Gasteiger partial charge is 0.363 e. The SMILES string of the molecule is O=C(NCCN1CCCC1)[C@@H]1C[C@H]2[C@H](CCN2Cc2ccsc2)O1. The number of nitrogens with zero attached hydrogens (tertiary/aromatic N) is 2. The second kappa shape index (κ2) is 7.52. The van der Waals surface area contributed by atoms with Gasteiger partial charge in [-0.15, -0.1) is 0 Å². The predicted octanol–water partition coefficient (Wildman–Crippen LogP) is 1.69. The molecule has 1 aromatic rings. The molecule has 24 heavy (non-hydrogen) atoms. The fourth-order valence-corrected chi connectivity index (χ4v) is 4.93. The maximum absolute atomic E-state index is 12.4. The number of hydrogen-bond acceptors (Lipinski definition) is 5. The molecule has 5 nitrogen and oxygen atoms in total. The number of ether oxygens (including phenoxy) is 1. The van der Waals surface area contributed by atoms with Gasteiger partial charge in [-0.3, -0.25) is 9.69 Å². The van der Waals surface area contributed by atoms with Crippen LogP contribution in [0.1, 0.15) is 31.2 Å². The summed E-state index contributed by atoms with van der Waals surface area (Å²) in [6.45, 7) is 6.13. The molecule has 0 unspecified atom stereocenters. The van der Waals surface area contributed by atoms with Crippen LogP contribution in [0.5, 0.6) is 0 Å². The molecule has 3 aliphatic heterocycles. The van der Waals surface area contributed by atoms with E-state index in [4.69, 9.17) is 4.74 Å². The molecule has 0 saturated carbocycles. The Morgan fingerprint density at radius 2 is 2.21 bits per heavy atom. The van der Waals surface area contributed by atoms with Crippen molar-refractivity contribution in [2.24, 2.45) is 0 Å². The van der Waals surface area contributed by atoms with Crippen LogP contribution in [0.3, 0.4) is 0 Å². The maximum Gasteiger partial charge on any atom is 0.249 e. The molecule has 3 fully saturated rings. The minimum Gasteiger partial charge on any atom is -0.363 e. The molecule has 1 aromatic heterocycles. The Morgan fingerprint density at radius 1 is 1.33 bits per heavy atom. The van der Waals surface area contributed by atoms with Gasteiger partial charge < -0.3 is 15.0 Å². The van der Waals surface area contributed by atoms with Crippen molar-refractivity contribution in [3.63, 3.8) is 0 Å². The lowest BCUT2D eigenvalue weighted by Crippen LogP contribution is -2.40. The number of amides is 1. The molecule has 132 valence electrons. The zero-order valence-corrected chi connectivity index (χ0v) is 15.0. The second-order valence-corrected chi connectivity index (χ2v) is 7.98. The van der Waals surface area contributed by atoms with Crippen LogP contribution in [0, 0.1) is 0 Å². The van der Waals surface area contributed by atoms with Crippen molar-refractivity contribution in [2.75, 3.05) is 32.7 Å². The summed E-state index contributed by atoms with van der Waals surface area (Å²) in [5.74, 6) is 0.0825. The smallest absolute Gasteiger partial charge is 0.249 e. The molecule has 0 aromatic carbocycles. The molecule has 0 aliphatic carbocycles. The van der Waals surface area contributed by atoms with Crippen LogP contribution in [0.25, 0.3) is 0 Å². The molecule has 3 aliphatic rings. The Morgan fingerprint density at radius 3 is 3.00 bits per heavy atom. The molecule has 1 N–H and O–H groups in total. The zero-order chi connectivity index (χ0) is 16.4. The van der Waals surface area contributed by atoms with E-state index in [9.17, 15) is 4.79 Å². The fraction of sp³-hybridized carbons (Fsp3) is 0.722. The monoisotopic (exact) mass is 349 g/mol. The van der Waals surface area contributed by atoms with E-state index in [1.807, 2.05) is 0 Å². The van der Waals surface area contributed by atoms with Gasteiger partial charge >= 0.3 is 0 Å².